The van der Waals surface area contributed by atoms with Gasteiger partial charge in [0.1, 0.15) is 5.82 Å². The summed E-state index contributed by atoms with van der Waals surface area (Å²) in [4.78, 5) is 37.7. The van der Waals surface area contributed by atoms with Crippen LogP contribution in [0.25, 0.3) is 0 Å². The Bertz CT molecular complexity index is 650. The topological polar surface area (TPSA) is 78.5 Å². The van der Waals surface area contributed by atoms with Crippen LogP contribution in [-0.2, 0) is 9.59 Å². The van der Waals surface area contributed by atoms with Crippen LogP contribution in [0.3, 0.4) is 0 Å². The Labute approximate surface area is 145 Å². The van der Waals surface area contributed by atoms with E-state index in [4.69, 9.17) is 0 Å². The monoisotopic (exact) mass is 347 g/mol. The molecule has 1 aliphatic heterocycles. The van der Waals surface area contributed by atoms with Crippen molar-refractivity contribution < 1.29 is 18.8 Å². The number of likely N-dealkylation sites (tertiary alicyclic amines) is 1. The Hall–Kier alpha value is -2.44. The fourth-order valence-electron chi connectivity index (χ4n) is 2.98. The van der Waals surface area contributed by atoms with Crippen LogP contribution >= 0.6 is 0 Å². The average molecular weight is 347 g/mol. The minimum absolute atomic E-state index is 0.0264. The summed E-state index contributed by atoms with van der Waals surface area (Å²) in [6, 6.07) is 5.17. The number of hydrogen-bond acceptors (Lipinski definition) is 3. The van der Waals surface area contributed by atoms with Crippen molar-refractivity contribution in [1.82, 2.24) is 15.5 Å². The molecule has 1 aliphatic carbocycles. The van der Waals surface area contributed by atoms with Gasteiger partial charge in [0.25, 0.3) is 5.91 Å². The van der Waals surface area contributed by atoms with Crippen LogP contribution in [0.5, 0.6) is 0 Å². The van der Waals surface area contributed by atoms with Gasteiger partial charge in [0, 0.05) is 30.6 Å². The molecule has 1 saturated heterocycles. The largest absolute Gasteiger partial charge is 0.352 e. The Morgan fingerprint density at radius 1 is 1.04 bits per heavy atom. The molecular formula is C18H22FN3O3. The highest BCUT2D eigenvalue weighted by Crippen LogP contribution is 2.31. The molecule has 6 nitrogen and oxygen atoms in total. The molecule has 0 atom stereocenters. The number of hydrogen-bond donors (Lipinski definition) is 2. The molecule has 25 heavy (non-hydrogen) atoms. The Balaban J connectivity index is 1.37. The molecule has 7 heteroatoms. The van der Waals surface area contributed by atoms with Crippen LogP contribution < -0.4 is 10.6 Å². The molecule has 1 saturated carbocycles. The van der Waals surface area contributed by atoms with Crippen molar-refractivity contribution in [3.05, 3.63) is 35.6 Å². The molecule has 2 fully saturated rings. The third-order valence-electron chi connectivity index (χ3n) is 4.61. The maximum Gasteiger partial charge on any atom is 0.251 e. The van der Waals surface area contributed by atoms with Crippen molar-refractivity contribution in [1.29, 1.82) is 0 Å². The molecule has 1 heterocycles. The Kier molecular flexibility index (Phi) is 5.31. The van der Waals surface area contributed by atoms with Gasteiger partial charge in [-0.3, -0.25) is 14.4 Å². The van der Waals surface area contributed by atoms with Crippen molar-refractivity contribution in [2.45, 2.75) is 31.7 Å². The van der Waals surface area contributed by atoms with Gasteiger partial charge < -0.3 is 15.5 Å². The molecule has 2 aliphatic rings. The molecule has 3 amide bonds. The van der Waals surface area contributed by atoms with Crippen LogP contribution in [0.4, 0.5) is 4.39 Å². The third kappa shape index (κ3) is 4.78. The van der Waals surface area contributed by atoms with Gasteiger partial charge in [-0.25, -0.2) is 4.39 Å². The summed E-state index contributed by atoms with van der Waals surface area (Å²) in [5.74, 6) is -0.618. The van der Waals surface area contributed by atoms with Gasteiger partial charge in [-0.15, -0.1) is 0 Å². The van der Waals surface area contributed by atoms with E-state index in [2.05, 4.69) is 10.6 Å². The Morgan fingerprint density at radius 3 is 2.28 bits per heavy atom. The first kappa shape index (κ1) is 17.4. The van der Waals surface area contributed by atoms with Gasteiger partial charge in [-0.05, 0) is 49.9 Å². The van der Waals surface area contributed by atoms with Gasteiger partial charge in [0.05, 0.1) is 6.54 Å². The molecule has 1 aromatic carbocycles. The van der Waals surface area contributed by atoms with Crippen LogP contribution in [0.1, 0.15) is 36.0 Å². The normalized spacial score (nSPS) is 17.9. The van der Waals surface area contributed by atoms with E-state index in [1.807, 2.05) is 4.90 Å². The smallest absolute Gasteiger partial charge is 0.251 e. The van der Waals surface area contributed by atoms with Crippen molar-refractivity contribution in [2.75, 3.05) is 19.6 Å². The molecule has 0 bridgehead atoms. The predicted octanol–water partition coefficient (Wildman–Crippen LogP) is 1.07. The summed E-state index contributed by atoms with van der Waals surface area (Å²) in [7, 11) is 0. The maximum absolute atomic E-state index is 12.8. The van der Waals surface area contributed by atoms with Crippen LogP contribution in [-0.4, -0.2) is 48.3 Å². The van der Waals surface area contributed by atoms with E-state index in [9.17, 15) is 18.8 Å². The van der Waals surface area contributed by atoms with Gasteiger partial charge in [-0.2, -0.15) is 0 Å². The molecule has 1 aromatic rings. The van der Waals surface area contributed by atoms with E-state index >= 15 is 0 Å². The fourth-order valence-corrected chi connectivity index (χ4v) is 2.98. The lowest BCUT2D eigenvalue weighted by Gasteiger charge is -2.32. The number of amides is 3. The minimum atomic E-state index is -0.417. The quantitative estimate of drug-likeness (QED) is 0.836. The lowest BCUT2D eigenvalue weighted by Crippen LogP contribution is -2.49. The molecule has 0 unspecified atom stereocenters. The number of benzene rings is 1. The summed E-state index contributed by atoms with van der Waals surface area (Å²) in [5.41, 5.74) is 0.307. The second-order valence-corrected chi connectivity index (χ2v) is 6.63. The number of nitrogens with zero attached hydrogens (tertiary/aromatic N) is 1. The molecule has 0 radical (unpaired) electrons. The van der Waals surface area contributed by atoms with Crippen LogP contribution in [0, 0.1) is 11.7 Å². The van der Waals surface area contributed by atoms with E-state index in [1.165, 1.54) is 24.3 Å². The molecule has 3 rings (SSSR count). The number of carbonyl (C=O) groups excluding carboxylic acids is 3. The van der Waals surface area contributed by atoms with Gasteiger partial charge in [0.15, 0.2) is 0 Å². The molecule has 134 valence electrons. The summed E-state index contributed by atoms with van der Waals surface area (Å²) >= 11 is 0. The van der Waals surface area contributed by atoms with E-state index in [0.717, 1.165) is 25.7 Å². The van der Waals surface area contributed by atoms with Crippen LogP contribution in [0.15, 0.2) is 24.3 Å². The first-order valence-electron chi connectivity index (χ1n) is 8.65. The molecule has 0 spiro atoms. The zero-order valence-corrected chi connectivity index (χ0v) is 14.0. The SMILES string of the molecule is O=C(CNC(=O)c1ccc(F)cc1)NC1CCN(C(=O)C2CC2)CC1. The van der Waals surface area contributed by atoms with Crippen molar-refractivity contribution >= 4 is 17.7 Å². The van der Waals surface area contributed by atoms with Gasteiger partial charge in [0.2, 0.25) is 11.8 Å². The number of piperidine rings is 1. The zero-order valence-electron chi connectivity index (χ0n) is 14.0. The highest BCUT2D eigenvalue weighted by molar-refractivity contribution is 5.96. The number of rotatable bonds is 5. The van der Waals surface area contributed by atoms with E-state index in [-0.39, 0.29) is 30.3 Å². The van der Waals surface area contributed by atoms with Crippen molar-refractivity contribution in [3.63, 3.8) is 0 Å². The lowest BCUT2D eigenvalue weighted by molar-refractivity contribution is -0.133. The second-order valence-electron chi connectivity index (χ2n) is 6.63. The Morgan fingerprint density at radius 2 is 1.68 bits per heavy atom. The summed E-state index contributed by atoms with van der Waals surface area (Å²) in [6.07, 6.45) is 3.47. The standard InChI is InChI=1S/C18H22FN3O3/c19-14-5-3-12(4-6-14)17(24)20-11-16(23)21-15-7-9-22(10-8-15)18(25)13-1-2-13/h3-6,13,15H,1-2,7-11H2,(H,20,24)(H,21,23). The molecule has 0 aromatic heterocycles. The van der Waals surface area contributed by atoms with Crippen molar-refractivity contribution in [2.24, 2.45) is 5.92 Å². The highest BCUT2D eigenvalue weighted by atomic mass is 19.1. The van der Waals surface area contributed by atoms with Gasteiger partial charge in [-0.1, -0.05) is 0 Å². The average Bonchev–Trinajstić information content (AvgIpc) is 3.45. The summed E-state index contributed by atoms with van der Waals surface area (Å²) < 4.78 is 12.8. The fraction of sp³-hybridized carbons (Fsp3) is 0.500. The predicted molar refractivity (Wildman–Crippen MR) is 89.2 cm³/mol. The molecular weight excluding hydrogens is 325 g/mol. The highest BCUT2D eigenvalue weighted by Gasteiger charge is 2.35. The third-order valence-corrected chi connectivity index (χ3v) is 4.61. The van der Waals surface area contributed by atoms with E-state index in [1.54, 1.807) is 0 Å². The molecule has 2 N–H and O–H groups in total. The summed E-state index contributed by atoms with van der Waals surface area (Å²) in [5, 5.41) is 5.41. The van der Waals surface area contributed by atoms with Crippen molar-refractivity contribution in [3.8, 4) is 0 Å². The number of carbonyl (C=O) groups is 3. The minimum Gasteiger partial charge on any atom is -0.352 e. The van der Waals surface area contributed by atoms with Crippen LogP contribution in [0.2, 0.25) is 0 Å². The zero-order chi connectivity index (χ0) is 17.8. The maximum atomic E-state index is 12.8. The van der Waals surface area contributed by atoms with E-state index < -0.39 is 11.7 Å². The number of nitrogens with one attached hydrogen (secondary N) is 2. The second kappa shape index (κ2) is 7.63. The first-order valence-corrected chi connectivity index (χ1v) is 8.65. The van der Waals surface area contributed by atoms with Gasteiger partial charge >= 0.3 is 0 Å². The first-order chi connectivity index (χ1) is 12.0. The number of halogens is 1. The summed E-state index contributed by atoms with van der Waals surface area (Å²) in [6.45, 7) is 1.21. The lowest BCUT2D eigenvalue weighted by atomic mass is 10.0. The van der Waals surface area contributed by atoms with E-state index in [0.29, 0.717) is 18.7 Å².